The molecule has 0 aromatic heterocycles. The summed E-state index contributed by atoms with van der Waals surface area (Å²) in [7, 11) is 0. The smallest absolute Gasteiger partial charge is 0.0291 e. The van der Waals surface area contributed by atoms with Crippen molar-refractivity contribution < 1.29 is 0 Å². The van der Waals surface area contributed by atoms with Crippen LogP contribution in [0.1, 0.15) is 45.2 Å². The van der Waals surface area contributed by atoms with Crippen molar-refractivity contribution in [2.45, 2.75) is 39.7 Å². The third kappa shape index (κ3) is 4.48. The minimum absolute atomic E-state index is 0.463. The Morgan fingerprint density at radius 2 is 1.80 bits per heavy atom. The first-order valence-corrected chi connectivity index (χ1v) is 6.02. The summed E-state index contributed by atoms with van der Waals surface area (Å²) in [6.07, 6.45) is 2.59. The lowest BCUT2D eigenvalue weighted by molar-refractivity contribution is 0.444. The van der Waals surface area contributed by atoms with E-state index in [2.05, 4.69) is 56.4 Å². The van der Waals surface area contributed by atoms with E-state index >= 15 is 0 Å². The average Bonchev–Trinajstić information content (AvgIpc) is 2.27. The monoisotopic (exact) mass is 205 g/mol. The molecule has 1 aromatic carbocycles. The van der Waals surface area contributed by atoms with Gasteiger partial charge < -0.3 is 5.32 Å². The molecule has 0 unspecified atom stereocenters. The van der Waals surface area contributed by atoms with E-state index < -0.39 is 0 Å². The molecule has 0 saturated heterocycles. The summed E-state index contributed by atoms with van der Waals surface area (Å²) < 4.78 is 0. The summed E-state index contributed by atoms with van der Waals surface area (Å²) in [6, 6.07) is 11.1. The summed E-state index contributed by atoms with van der Waals surface area (Å²) in [5.41, 5.74) is 1.38. The van der Waals surface area contributed by atoms with Crippen LogP contribution in [0.15, 0.2) is 30.3 Å². The zero-order chi connectivity index (χ0) is 11.1. The van der Waals surface area contributed by atoms with Gasteiger partial charge in [0, 0.05) is 6.04 Å². The van der Waals surface area contributed by atoms with Crippen molar-refractivity contribution in [2.24, 2.45) is 5.92 Å². The molecule has 0 fully saturated rings. The Morgan fingerprint density at radius 1 is 1.13 bits per heavy atom. The molecule has 0 amide bonds. The Balaban J connectivity index is 2.33. The van der Waals surface area contributed by atoms with Gasteiger partial charge in [-0.1, -0.05) is 50.6 Å². The standard InChI is InChI=1S/C14H23N/c1-4-8-12(2)11-15-13(3)14-9-6-5-7-10-14/h5-7,9-10,12-13,15H,4,8,11H2,1-3H3/t12-,13-/m0/s1. The van der Waals surface area contributed by atoms with Crippen LogP contribution >= 0.6 is 0 Å². The fraction of sp³-hybridized carbons (Fsp3) is 0.571. The molecule has 1 heteroatoms. The number of benzene rings is 1. The Bertz CT molecular complexity index is 255. The highest BCUT2D eigenvalue weighted by atomic mass is 14.9. The molecular formula is C14H23N. The van der Waals surface area contributed by atoms with Crippen molar-refractivity contribution in [3.8, 4) is 0 Å². The normalized spacial score (nSPS) is 14.9. The lowest BCUT2D eigenvalue weighted by Gasteiger charge is -2.17. The number of hydrogen-bond donors (Lipinski definition) is 1. The van der Waals surface area contributed by atoms with E-state index in [0.29, 0.717) is 6.04 Å². The number of nitrogens with one attached hydrogen (secondary N) is 1. The van der Waals surface area contributed by atoms with Crippen LogP contribution in [0.5, 0.6) is 0 Å². The molecule has 1 nitrogen and oxygen atoms in total. The van der Waals surface area contributed by atoms with E-state index in [1.807, 2.05) is 0 Å². The van der Waals surface area contributed by atoms with E-state index in [0.717, 1.165) is 12.5 Å². The van der Waals surface area contributed by atoms with Gasteiger partial charge in [0.2, 0.25) is 0 Å². The minimum Gasteiger partial charge on any atom is -0.310 e. The van der Waals surface area contributed by atoms with Gasteiger partial charge in [-0.25, -0.2) is 0 Å². The molecule has 84 valence electrons. The first kappa shape index (κ1) is 12.3. The molecule has 0 aliphatic carbocycles. The molecule has 0 aliphatic heterocycles. The quantitative estimate of drug-likeness (QED) is 0.745. The van der Waals surface area contributed by atoms with Gasteiger partial charge in [0.05, 0.1) is 0 Å². The fourth-order valence-electron chi connectivity index (χ4n) is 1.83. The van der Waals surface area contributed by atoms with E-state index in [9.17, 15) is 0 Å². The lowest BCUT2D eigenvalue weighted by atomic mass is 10.0. The number of rotatable bonds is 6. The van der Waals surface area contributed by atoms with Gasteiger partial charge in [-0.05, 0) is 31.4 Å². The highest BCUT2D eigenvalue weighted by molar-refractivity contribution is 5.17. The van der Waals surface area contributed by atoms with Gasteiger partial charge in [-0.3, -0.25) is 0 Å². The molecule has 1 N–H and O–H groups in total. The maximum Gasteiger partial charge on any atom is 0.0291 e. The largest absolute Gasteiger partial charge is 0.310 e. The van der Waals surface area contributed by atoms with Crippen LogP contribution in [-0.2, 0) is 0 Å². The van der Waals surface area contributed by atoms with Crippen LogP contribution in [0.3, 0.4) is 0 Å². The molecule has 2 atom stereocenters. The molecule has 0 heterocycles. The second-order valence-corrected chi connectivity index (χ2v) is 4.43. The van der Waals surface area contributed by atoms with E-state index in [1.165, 1.54) is 18.4 Å². The zero-order valence-electron chi connectivity index (χ0n) is 10.2. The summed E-state index contributed by atoms with van der Waals surface area (Å²) in [5, 5.41) is 3.58. The topological polar surface area (TPSA) is 12.0 Å². The molecule has 0 aliphatic rings. The third-order valence-corrected chi connectivity index (χ3v) is 2.85. The maximum atomic E-state index is 3.58. The third-order valence-electron chi connectivity index (χ3n) is 2.85. The fourth-order valence-corrected chi connectivity index (χ4v) is 1.83. The lowest BCUT2D eigenvalue weighted by Crippen LogP contribution is -2.24. The Morgan fingerprint density at radius 3 is 2.40 bits per heavy atom. The minimum atomic E-state index is 0.463. The predicted molar refractivity (Wildman–Crippen MR) is 66.9 cm³/mol. The summed E-state index contributed by atoms with van der Waals surface area (Å²) in [6.45, 7) is 7.91. The van der Waals surface area contributed by atoms with Crippen molar-refractivity contribution >= 4 is 0 Å². The summed E-state index contributed by atoms with van der Waals surface area (Å²) >= 11 is 0. The predicted octanol–water partition coefficient (Wildman–Crippen LogP) is 3.77. The molecular weight excluding hydrogens is 182 g/mol. The second-order valence-electron chi connectivity index (χ2n) is 4.43. The van der Waals surface area contributed by atoms with E-state index in [1.54, 1.807) is 0 Å². The van der Waals surface area contributed by atoms with Gasteiger partial charge in [-0.15, -0.1) is 0 Å². The van der Waals surface area contributed by atoms with Gasteiger partial charge in [-0.2, -0.15) is 0 Å². The first-order chi connectivity index (χ1) is 7.24. The highest BCUT2D eigenvalue weighted by Crippen LogP contribution is 2.12. The van der Waals surface area contributed by atoms with Gasteiger partial charge >= 0.3 is 0 Å². The molecule has 1 rings (SSSR count). The van der Waals surface area contributed by atoms with Crippen LogP contribution in [0.2, 0.25) is 0 Å². The van der Waals surface area contributed by atoms with E-state index in [4.69, 9.17) is 0 Å². The van der Waals surface area contributed by atoms with Crippen molar-refractivity contribution in [1.82, 2.24) is 5.32 Å². The SMILES string of the molecule is CCC[C@H](C)CN[C@@H](C)c1ccccc1. The second kappa shape index (κ2) is 6.62. The number of hydrogen-bond acceptors (Lipinski definition) is 1. The first-order valence-electron chi connectivity index (χ1n) is 6.02. The van der Waals surface area contributed by atoms with Gasteiger partial charge in [0.15, 0.2) is 0 Å². The van der Waals surface area contributed by atoms with Crippen LogP contribution in [0.4, 0.5) is 0 Å². The molecule has 0 saturated carbocycles. The maximum absolute atomic E-state index is 3.58. The van der Waals surface area contributed by atoms with Crippen molar-refractivity contribution in [3.63, 3.8) is 0 Å². The van der Waals surface area contributed by atoms with Crippen LogP contribution in [0, 0.1) is 5.92 Å². The summed E-state index contributed by atoms with van der Waals surface area (Å²) in [4.78, 5) is 0. The van der Waals surface area contributed by atoms with Crippen molar-refractivity contribution in [3.05, 3.63) is 35.9 Å². The van der Waals surface area contributed by atoms with Crippen LogP contribution < -0.4 is 5.32 Å². The molecule has 15 heavy (non-hydrogen) atoms. The molecule has 0 radical (unpaired) electrons. The van der Waals surface area contributed by atoms with Gasteiger partial charge in [0.25, 0.3) is 0 Å². The Labute approximate surface area is 93.9 Å². The Hall–Kier alpha value is -0.820. The molecule has 0 spiro atoms. The summed E-state index contributed by atoms with van der Waals surface area (Å²) in [5.74, 6) is 0.779. The molecule has 0 bridgehead atoms. The van der Waals surface area contributed by atoms with Crippen LogP contribution in [0.25, 0.3) is 0 Å². The van der Waals surface area contributed by atoms with Gasteiger partial charge in [0.1, 0.15) is 0 Å². The molecule has 1 aromatic rings. The van der Waals surface area contributed by atoms with Crippen molar-refractivity contribution in [1.29, 1.82) is 0 Å². The van der Waals surface area contributed by atoms with Crippen LogP contribution in [-0.4, -0.2) is 6.54 Å². The highest BCUT2D eigenvalue weighted by Gasteiger charge is 2.06. The van der Waals surface area contributed by atoms with E-state index in [-0.39, 0.29) is 0 Å². The Kier molecular flexibility index (Phi) is 5.41. The average molecular weight is 205 g/mol. The zero-order valence-corrected chi connectivity index (χ0v) is 10.2. The van der Waals surface area contributed by atoms with Crippen molar-refractivity contribution in [2.75, 3.05) is 6.54 Å².